The maximum absolute atomic E-state index is 12.4. The van der Waals surface area contributed by atoms with E-state index in [4.69, 9.17) is 4.74 Å². The fourth-order valence-corrected chi connectivity index (χ4v) is 2.58. The monoisotopic (exact) mass is 359 g/mol. The van der Waals surface area contributed by atoms with E-state index >= 15 is 0 Å². The fourth-order valence-electron chi connectivity index (χ4n) is 2.58. The molecule has 0 aliphatic heterocycles. The first-order valence-electron chi connectivity index (χ1n) is 8.77. The van der Waals surface area contributed by atoms with Crippen LogP contribution in [-0.4, -0.2) is 17.8 Å². The van der Waals surface area contributed by atoms with Crippen LogP contribution in [0, 0.1) is 6.92 Å². The van der Waals surface area contributed by atoms with E-state index < -0.39 is 6.10 Å². The Morgan fingerprint density at radius 2 is 1.41 bits per heavy atom. The minimum absolute atomic E-state index is 0.0513. The molecule has 27 heavy (non-hydrogen) atoms. The fraction of sp³-hybridized carbons (Fsp3) is 0.130. The van der Waals surface area contributed by atoms with Crippen LogP contribution in [0.4, 0.5) is 5.69 Å². The number of ketones is 1. The third-order valence-electron chi connectivity index (χ3n) is 4.15. The van der Waals surface area contributed by atoms with Gasteiger partial charge in [-0.05, 0) is 50.2 Å². The van der Waals surface area contributed by atoms with Crippen molar-refractivity contribution in [2.45, 2.75) is 20.0 Å². The van der Waals surface area contributed by atoms with Gasteiger partial charge in [-0.15, -0.1) is 0 Å². The van der Waals surface area contributed by atoms with Crippen LogP contribution < -0.4 is 10.1 Å². The highest BCUT2D eigenvalue weighted by Gasteiger charge is 2.15. The van der Waals surface area contributed by atoms with Crippen molar-refractivity contribution in [2.24, 2.45) is 0 Å². The summed E-state index contributed by atoms with van der Waals surface area (Å²) in [4.78, 5) is 24.7. The predicted octanol–water partition coefficient (Wildman–Crippen LogP) is 4.63. The second-order valence-electron chi connectivity index (χ2n) is 6.33. The topological polar surface area (TPSA) is 55.4 Å². The molecule has 4 heteroatoms. The molecular weight excluding hydrogens is 338 g/mol. The van der Waals surface area contributed by atoms with E-state index in [1.807, 2.05) is 49.4 Å². The average molecular weight is 359 g/mol. The molecule has 0 saturated carbocycles. The van der Waals surface area contributed by atoms with Gasteiger partial charge in [0.25, 0.3) is 5.91 Å². The molecule has 0 spiro atoms. The van der Waals surface area contributed by atoms with Gasteiger partial charge < -0.3 is 10.1 Å². The zero-order valence-corrected chi connectivity index (χ0v) is 15.3. The zero-order chi connectivity index (χ0) is 19.2. The normalized spacial score (nSPS) is 11.5. The quantitative estimate of drug-likeness (QED) is 0.653. The molecule has 1 amide bonds. The first kappa shape index (κ1) is 18.4. The highest BCUT2D eigenvalue weighted by atomic mass is 16.5. The van der Waals surface area contributed by atoms with Gasteiger partial charge in [-0.2, -0.15) is 0 Å². The predicted molar refractivity (Wildman–Crippen MR) is 106 cm³/mol. The number of anilines is 1. The number of aryl methyl sites for hydroxylation is 1. The van der Waals surface area contributed by atoms with E-state index in [0.29, 0.717) is 22.6 Å². The molecule has 0 aromatic heterocycles. The summed E-state index contributed by atoms with van der Waals surface area (Å²) in [6, 6.07) is 23.5. The number of amides is 1. The van der Waals surface area contributed by atoms with Crippen LogP contribution in [0.1, 0.15) is 28.4 Å². The molecule has 1 atom stereocenters. The van der Waals surface area contributed by atoms with Crippen LogP contribution >= 0.6 is 0 Å². The molecule has 1 N–H and O–H groups in total. The Balaban J connectivity index is 1.61. The lowest BCUT2D eigenvalue weighted by Crippen LogP contribution is -2.30. The lowest BCUT2D eigenvalue weighted by Gasteiger charge is -2.15. The maximum atomic E-state index is 12.4. The van der Waals surface area contributed by atoms with Crippen molar-refractivity contribution in [1.82, 2.24) is 0 Å². The van der Waals surface area contributed by atoms with E-state index in [1.54, 1.807) is 43.3 Å². The number of hydrogen-bond donors (Lipinski definition) is 1. The van der Waals surface area contributed by atoms with E-state index in [9.17, 15) is 9.59 Å². The Morgan fingerprint density at radius 3 is 2.04 bits per heavy atom. The second kappa shape index (κ2) is 8.32. The van der Waals surface area contributed by atoms with Crippen LogP contribution in [0.15, 0.2) is 78.9 Å². The second-order valence-corrected chi connectivity index (χ2v) is 6.33. The Bertz CT molecular complexity index is 916. The van der Waals surface area contributed by atoms with Crippen molar-refractivity contribution < 1.29 is 14.3 Å². The molecule has 3 rings (SSSR count). The van der Waals surface area contributed by atoms with Crippen LogP contribution in [-0.2, 0) is 4.79 Å². The van der Waals surface area contributed by atoms with Gasteiger partial charge >= 0.3 is 0 Å². The third-order valence-corrected chi connectivity index (χ3v) is 4.15. The minimum Gasteiger partial charge on any atom is -0.481 e. The highest BCUT2D eigenvalue weighted by molar-refractivity contribution is 6.09. The Hall–Kier alpha value is -3.40. The molecule has 136 valence electrons. The Kier molecular flexibility index (Phi) is 5.67. The number of carbonyl (C=O) groups is 2. The first-order valence-corrected chi connectivity index (χ1v) is 8.77. The Morgan fingerprint density at radius 1 is 0.815 bits per heavy atom. The third kappa shape index (κ3) is 4.82. The maximum Gasteiger partial charge on any atom is 0.265 e. The smallest absolute Gasteiger partial charge is 0.265 e. The van der Waals surface area contributed by atoms with E-state index in [0.717, 1.165) is 5.56 Å². The Labute approximate surface area is 158 Å². The van der Waals surface area contributed by atoms with Crippen molar-refractivity contribution in [3.05, 3.63) is 95.6 Å². The number of nitrogens with one attached hydrogen (secondary N) is 1. The van der Waals surface area contributed by atoms with Gasteiger partial charge in [-0.1, -0.05) is 48.0 Å². The first-order chi connectivity index (χ1) is 13.0. The summed E-state index contributed by atoms with van der Waals surface area (Å²) in [5.41, 5.74) is 2.95. The van der Waals surface area contributed by atoms with Crippen molar-refractivity contribution >= 4 is 17.4 Å². The number of ether oxygens (including phenoxy) is 1. The summed E-state index contributed by atoms with van der Waals surface area (Å²) in [6.07, 6.45) is -0.640. The standard InChI is InChI=1S/C23H21NO3/c1-16-8-14-21(15-9-16)27-17(2)23(26)24-20-12-10-19(11-13-20)22(25)18-6-4-3-5-7-18/h3-15,17H,1-2H3,(H,24,26). The van der Waals surface area contributed by atoms with Crippen molar-refractivity contribution in [1.29, 1.82) is 0 Å². The summed E-state index contributed by atoms with van der Waals surface area (Å²) in [6.45, 7) is 3.69. The van der Waals surface area contributed by atoms with E-state index in [-0.39, 0.29) is 11.7 Å². The number of carbonyl (C=O) groups excluding carboxylic acids is 2. The minimum atomic E-state index is -0.640. The van der Waals surface area contributed by atoms with Gasteiger partial charge in [-0.25, -0.2) is 0 Å². The molecule has 3 aromatic rings. The van der Waals surface area contributed by atoms with E-state index in [1.165, 1.54) is 0 Å². The van der Waals surface area contributed by atoms with Gasteiger partial charge in [0, 0.05) is 16.8 Å². The van der Waals surface area contributed by atoms with Crippen molar-refractivity contribution in [3.63, 3.8) is 0 Å². The summed E-state index contributed by atoms with van der Waals surface area (Å²) < 4.78 is 5.66. The van der Waals surface area contributed by atoms with E-state index in [2.05, 4.69) is 5.32 Å². The lowest BCUT2D eigenvalue weighted by molar-refractivity contribution is -0.122. The molecule has 0 aliphatic rings. The van der Waals surface area contributed by atoms with Gasteiger partial charge in [0.05, 0.1) is 0 Å². The van der Waals surface area contributed by atoms with Gasteiger partial charge in [-0.3, -0.25) is 9.59 Å². The van der Waals surface area contributed by atoms with Crippen LogP contribution in [0.5, 0.6) is 5.75 Å². The van der Waals surface area contributed by atoms with Gasteiger partial charge in [0.1, 0.15) is 5.75 Å². The van der Waals surface area contributed by atoms with Gasteiger partial charge in [0.2, 0.25) is 0 Å². The number of hydrogen-bond acceptors (Lipinski definition) is 3. The molecule has 0 fully saturated rings. The van der Waals surface area contributed by atoms with Gasteiger partial charge in [0.15, 0.2) is 11.9 Å². The molecule has 0 bridgehead atoms. The summed E-state index contributed by atoms with van der Waals surface area (Å²) >= 11 is 0. The number of benzene rings is 3. The molecule has 4 nitrogen and oxygen atoms in total. The molecule has 0 radical (unpaired) electrons. The summed E-state index contributed by atoms with van der Waals surface area (Å²) in [5.74, 6) is 0.342. The van der Waals surface area contributed by atoms with Crippen LogP contribution in [0.2, 0.25) is 0 Å². The zero-order valence-electron chi connectivity index (χ0n) is 15.3. The van der Waals surface area contributed by atoms with Crippen molar-refractivity contribution in [3.8, 4) is 5.75 Å². The van der Waals surface area contributed by atoms with Crippen LogP contribution in [0.3, 0.4) is 0 Å². The lowest BCUT2D eigenvalue weighted by atomic mass is 10.0. The molecule has 0 heterocycles. The molecule has 3 aromatic carbocycles. The SMILES string of the molecule is Cc1ccc(OC(C)C(=O)Nc2ccc(C(=O)c3ccccc3)cc2)cc1. The highest BCUT2D eigenvalue weighted by Crippen LogP contribution is 2.16. The van der Waals surface area contributed by atoms with Crippen LogP contribution in [0.25, 0.3) is 0 Å². The largest absolute Gasteiger partial charge is 0.481 e. The molecule has 1 unspecified atom stereocenters. The van der Waals surface area contributed by atoms with Crippen molar-refractivity contribution in [2.75, 3.05) is 5.32 Å². The molecular formula is C23H21NO3. The average Bonchev–Trinajstić information content (AvgIpc) is 2.70. The summed E-state index contributed by atoms with van der Waals surface area (Å²) in [5, 5.41) is 2.80. The molecule has 0 aliphatic carbocycles. The number of rotatable bonds is 6. The molecule has 0 saturated heterocycles. The summed E-state index contributed by atoms with van der Waals surface area (Å²) in [7, 11) is 0.